The number of halogens is 2. The smallest absolute Gasteiger partial charge is 0.252 e. The number of aromatic nitrogens is 2. The molecule has 2 aromatic carbocycles. The van der Waals surface area contributed by atoms with Crippen LogP contribution in [0.25, 0.3) is 45.4 Å². The molecule has 7 rings (SSSR count). The van der Waals surface area contributed by atoms with E-state index >= 15 is 0 Å². The summed E-state index contributed by atoms with van der Waals surface area (Å²) >= 11 is 13.4. The summed E-state index contributed by atoms with van der Waals surface area (Å²) in [5.41, 5.74) is 6.99. The van der Waals surface area contributed by atoms with Crippen molar-refractivity contribution in [1.82, 2.24) is 14.5 Å². The summed E-state index contributed by atoms with van der Waals surface area (Å²) in [5.74, 6) is 2.80. The van der Waals surface area contributed by atoms with Crippen LogP contribution in [0.3, 0.4) is 0 Å². The van der Waals surface area contributed by atoms with Gasteiger partial charge in [-0.05, 0) is 42.5 Å². The second kappa shape index (κ2) is 10.2. The molecule has 0 spiro atoms. The van der Waals surface area contributed by atoms with E-state index < -0.39 is 0 Å². The molecule has 0 fully saturated rings. The molecular formula is C33H22Cl2N3O4+. The van der Waals surface area contributed by atoms with Gasteiger partial charge in [-0.25, -0.2) is 0 Å². The van der Waals surface area contributed by atoms with E-state index in [1.807, 2.05) is 72.3 Å². The van der Waals surface area contributed by atoms with Crippen LogP contribution in [0.5, 0.6) is 11.5 Å². The van der Waals surface area contributed by atoms with Gasteiger partial charge in [0.05, 0.1) is 58.8 Å². The van der Waals surface area contributed by atoms with Gasteiger partial charge in [-0.2, -0.15) is 4.58 Å². The van der Waals surface area contributed by atoms with E-state index in [0.717, 1.165) is 50.5 Å². The van der Waals surface area contributed by atoms with E-state index in [1.54, 1.807) is 26.6 Å². The highest BCUT2D eigenvalue weighted by atomic mass is 35.5. The number of benzene rings is 1. The molecule has 1 aliphatic heterocycles. The molecule has 6 aromatic rings. The molecule has 0 radical (unpaired) electrons. The molecule has 42 heavy (non-hydrogen) atoms. The fraction of sp³-hybridized carbons (Fsp3) is 0.0909. The van der Waals surface area contributed by atoms with Crippen molar-refractivity contribution < 1.29 is 18.3 Å². The predicted molar refractivity (Wildman–Crippen MR) is 162 cm³/mol. The van der Waals surface area contributed by atoms with Gasteiger partial charge >= 0.3 is 0 Å². The Labute approximate surface area is 250 Å². The van der Waals surface area contributed by atoms with Crippen LogP contribution in [-0.2, 0) is 0 Å². The monoisotopic (exact) mass is 594 g/mol. The van der Waals surface area contributed by atoms with Crippen molar-refractivity contribution in [1.29, 1.82) is 0 Å². The summed E-state index contributed by atoms with van der Waals surface area (Å²) in [6.07, 6.45) is 5.14. The lowest BCUT2D eigenvalue weighted by Crippen LogP contribution is -2.27. The molecule has 206 valence electrons. The van der Waals surface area contributed by atoms with E-state index in [4.69, 9.17) is 41.5 Å². The zero-order valence-corrected chi connectivity index (χ0v) is 24.2. The van der Waals surface area contributed by atoms with Gasteiger partial charge in [0.15, 0.2) is 11.3 Å². The van der Waals surface area contributed by atoms with Crippen LogP contribution in [0.2, 0.25) is 10.0 Å². The Morgan fingerprint density at radius 3 is 2.33 bits per heavy atom. The first-order valence-electron chi connectivity index (χ1n) is 12.9. The number of ether oxygens (including phenoxy) is 2. The number of nitrogens with one attached hydrogen (secondary N) is 1. The Hall–Kier alpha value is -4.90. The van der Waals surface area contributed by atoms with Crippen LogP contribution in [0, 0.1) is 12.1 Å². The van der Waals surface area contributed by atoms with Gasteiger partial charge in [0.25, 0.3) is 5.36 Å². The lowest BCUT2D eigenvalue weighted by atomic mass is 10.0. The third-order valence-electron chi connectivity index (χ3n) is 7.25. The molecule has 1 aliphatic rings. The summed E-state index contributed by atoms with van der Waals surface area (Å²) in [5, 5.41) is 1.73. The number of aromatic amines is 1. The largest absolute Gasteiger partial charge is 0.497 e. The number of pyridine rings is 1. The molecule has 4 aromatic heterocycles. The fourth-order valence-corrected chi connectivity index (χ4v) is 5.68. The van der Waals surface area contributed by atoms with Gasteiger partial charge in [-0.15, -0.1) is 0 Å². The quantitative estimate of drug-likeness (QED) is 0.226. The second-order valence-electron chi connectivity index (χ2n) is 9.67. The standard InChI is InChI=1S/C33H21Cl2N3O4/c1-38-26-14-29(19-6-10-21(40-3)11-7-19)42-31(26)15-27(38)33(32-22(34)16-36-17-23(32)35)25-13-30-24(37-25)12-28(41-30)18-4-8-20(39-2)9-5-18/h4-6,8-10,12-17H,1-3H3/p+1. The van der Waals surface area contributed by atoms with Crippen LogP contribution >= 0.6 is 23.2 Å². The maximum Gasteiger partial charge on any atom is 0.252 e. The van der Waals surface area contributed by atoms with E-state index in [2.05, 4.69) is 22.1 Å². The van der Waals surface area contributed by atoms with E-state index in [1.165, 1.54) is 0 Å². The SMILES string of the molecule is COc1c#cc(-c2cc3c(o2)=C/C(=C(/c2cc4oc(-c5ccc(OC)cc5)cc4[nH]2)c2c(Cl)cncc2Cl)[N+]=3C)cc1. The maximum atomic E-state index is 6.72. The molecule has 0 aliphatic carbocycles. The number of nitrogens with zero attached hydrogens (tertiary/aromatic N) is 2. The van der Waals surface area contributed by atoms with Gasteiger partial charge < -0.3 is 23.3 Å². The number of methoxy groups -OCH3 is 2. The van der Waals surface area contributed by atoms with Crippen molar-refractivity contribution in [2.75, 3.05) is 21.3 Å². The van der Waals surface area contributed by atoms with Crippen molar-refractivity contribution in [3.63, 3.8) is 0 Å². The van der Waals surface area contributed by atoms with Crippen LogP contribution in [-0.4, -0.2) is 31.2 Å². The van der Waals surface area contributed by atoms with E-state index in [-0.39, 0.29) is 0 Å². The van der Waals surface area contributed by atoms with Crippen LogP contribution in [0.1, 0.15) is 11.3 Å². The zero-order valence-electron chi connectivity index (χ0n) is 22.7. The molecule has 5 heterocycles. The average Bonchev–Trinajstić information content (AvgIpc) is 3.77. The van der Waals surface area contributed by atoms with Crippen LogP contribution in [0.15, 0.2) is 81.5 Å². The Morgan fingerprint density at radius 1 is 0.905 bits per heavy atom. The second-order valence-corrected chi connectivity index (χ2v) is 10.5. The number of hydrogen-bond acceptors (Lipinski definition) is 5. The zero-order chi connectivity index (χ0) is 29.0. The molecule has 0 unspecified atom stereocenters. The Kier molecular flexibility index (Phi) is 6.31. The van der Waals surface area contributed by atoms with Gasteiger partial charge in [0, 0.05) is 35.7 Å². The van der Waals surface area contributed by atoms with Crippen molar-refractivity contribution in [3.8, 4) is 34.1 Å². The average molecular weight is 595 g/mol. The van der Waals surface area contributed by atoms with Crippen molar-refractivity contribution >= 4 is 46.0 Å². The minimum Gasteiger partial charge on any atom is -0.497 e. The highest BCUT2D eigenvalue weighted by Gasteiger charge is 2.29. The minimum absolute atomic E-state index is 0.421. The first kappa shape index (κ1) is 26.0. The lowest BCUT2D eigenvalue weighted by Gasteiger charge is -2.11. The summed E-state index contributed by atoms with van der Waals surface area (Å²) in [6.45, 7) is 0. The number of hydrogen-bond donors (Lipinski definition) is 1. The Morgan fingerprint density at radius 2 is 1.69 bits per heavy atom. The predicted octanol–water partition coefficient (Wildman–Crippen LogP) is 6.38. The first-order valence-corrected chi connectivity index (χ1v) is 13.7. The van der Waals surface area contributed by atoms with Crippen molar-refractivity contribution in [2.45, 2.75) is 0 Å². The summed E-state index contributed by atoms with van der Waals surface area (Å²) in [7, 11) is 5.21. The Bertz CT molecular complexity index is 2080. The van der Waals surface area contributed by atoms with Crippen molar-refractivity contribution in [2.24, 2.45) is 0 Å². The van der Waals surface area contributed by atoms with Gasteiger partial charge in [-0.1, -0.05) is 29.3 Å². The minimum atomic E-state index is 0.421. The number of allylic oxidation sites excluding steroid dienone is 1. The van der Waals surface area contributed by atoms with Gasteiger partial charge in [0.1, 0.15) is 24.3 Å². The fourth-order valence-electron chi connectivity index (χ4n) is 5.12. The topological polar surface area (TPSA) is 76.4 Å². The molecule has 0 saturated carbocycles. The molecule has 7 nitrogen and oxygen atoms in total. The summed E-state index contributed by atoms with van der Waals surface area (Å²) in [6, 6.07) is 23.4. The van der Waals surface area contributed by atoms with Crippen LogP contribution in [0.4, 0.5) is 0 Å². The van der Waals surface area contributed by atoms with Gasteiger partial charge in [0.2, 0.25) is 11.1 Å². The third-order valence-corrected chi connectivity index (χ3v) is 7.82. The molecule has 0 amide bonds. The van der Waals surface area contributed by atoms with E-state index in [0.29, 0.717) is 38.1 Å². The van der Waals surface area contributed by atoms with Crippen LogP contribution < -0.4 is 24.8 Å². The van der Waals surface area contributed by atoms with E-state index in [9.17, 15) is 0 Å². The number of rotatable bonds is 6. The molecule has 0 bridgehead atoms. The number of H-pyrrole nitrogens is 1. The summed E-state index contributed by atoms with van der Waals surface area (Å²) in [4.78, 5) is 7.68. The first-order chi connectivity index (χ1) is 20.4. The lowest BCUT2D eigenvalue weighted by molar-refractivity contribution is 0.415. The highest BCUT2D eigenvalue weighted by molar-refractivity contribution is 6.37. The highest BCUT2D eigenvalue weighted by Crippen LogP contribution is 2.39. The van der Waals surface area contributed by atoms with Crippen molar-refractivity contribution in [3.05, 3.63) is 117 Å². The molecule has 1 N–H and O–H groups in total. The molecule has 9 heteroatoms. The normalized spacial score (nSPS) is 13.6. The molecule has 0 atom stereocenters. The maximum absolute atomic E-state index is 6.72. The third kappa shape index (κ3) is 4.33. The number of furan rings is 2. The number of fused-ring (bicyclic) bond motifs is 2. The van der Waals surface area contributed by atoms with Gasteiger partial charge in [-0.3, -0.25) is 4.98 Å². The molecular weight excluding hydrogens is 573 g/mol. The Balaban J connectivity index is 1.36. The summed E-state index contributed by atoms with van der Waals surface area (Å²) < 4.78 is 25.0. The molecule has 0 saturated heterocycles.